The van der Waals surface area contributed by atoms with E-state index in [1.165, 1.54) is 11.3 Å². The second-order valence-corrected chi connectivity index (χ2v) is 5.61. The topological polar surface area (TPSA) is 29.3 Å². The van der Waals surface area contributed by atoms with Gasteiger partial charge in [-0.15, -0.1) is 24.8 Å². The van der Waals surface area contributed by atoms with Gasteiger partial charge in [-0.1, -0.05) is 47.5 Å². The zero-order chi connectivity index (χ0) is 13.4. The highest BCUT2D eigenvalue weighted by Crippen LogP contribution is 2.34. The van der Waals surface area contributed by atoms with E-state index >= 15 is 0 Å². The third-order valence-electron chi connectivity index (χ3n) is 3.45. The van der Waals surface area contributed by atoms with Crippen molar-refractivity contribution in [2.45, 2.75) is 12.6 Å². The third kappa shape index (κ3) is 3.77. The van der Waals surface area contributed by atoms with Crippen LogP contribution in [0.1, 0.15) is 17.2 Å². The fraction of sp³-hybridized carbons (Fsp3) is 0.200. The zero-order valence-electron chi connectivity index (χ0n) is 11.1. The number of nitrogens with two attached hydrogens (primary N) is 1. The van der Waals surface area contributed by atoms with Crippen LogP contribution in [0.2, 0.25) is 10.0 Å². The largest absolute Gasteiger partial charge is 0.365 e. The highest BCUT2D eigenvalue weighted by atomic mass is 35.5. The van der Waals surface area contributed by atoms with Crippen LogP contribution in [0.15, 0.2) is 42.5 Å². The molecule has 21 heavy (non-hydrogen) atoms. The van der Waals surface area contributed by atoms with E-state index in [9.17, 15) is 0 Å². The number of fused-ring (bicyclic) bond motifs is 1. The van der Waals surface area contributed by atoms with E-state index in [0.29, 0.717) is 10.0 Å². The van der Waals surface area contributed by atoms with Gasteiger partial charge in [0.15, 0.2) is 0 Å². The Hall–Kier alpha value is -0.640. The molecule has 1 aliphatic rings. The molecule has 0 fully saturated rings. The minimum atomic E-state index is 0. The maximum absolute atomic E-state index is 6.16. The van der Waals surface area contributed by atoms with E-state index in [1.54, 1.807) is 0 Å². The van der Waals surface area contributed by atoms with Crippen LogP contribution in [0.4, 0.5) is 5.69 Å². The number of anilines is 1. The van der Waals surface area contributed by atoms with Crippen molar-refractivity contribution in [3.63, 3.8) is 0 Å². The highest BCUT2D eigenvalue weighted by molar-refractivity contribution is 6.42. The predicted molar refractivity (Wildman–Crippen MR) is 95.4 cm³/mol. The number of para-hydroxylation sites is 1. The average Bonchev–Trinajstić information content (AvgIpc) is 2.72. The van der Waals surface area contributed by atoms with Gasteiger partial charge in [-0.3, -0.25) is 0 Å². The molecule has 2 nitrogen and oxygen atoms in total. The summed E-state index contributed by atoms with van der Waals surface area (Å²) < 4.78 is 0. The molecule has 3 rings (SSSR count). The van der Waals surface area contributed by atoms with Crippen molar-refractivity contribution in [2.24, 2.45) is 5.73 Å². The Labute approximate surface area is 147 Å². The number of rotatable bonds is 2. The van der Waals surface area contributed by atoms with E-state index in [4.69, 9.17) is 28.9 Å². The molecule has 0 aromatic heterocycles. The first-order valence-corrected chi connectivity index (χ1v) is 6.94. The van der Waals surface area contributed by atoms with Crippen molar-refractivity contribution in [1.29, 1.82) is 0 Å². The van der Waals surface area contributed by atoms with Crippen molar-refractivity contribution in [3.8, 4) is 0 Å². The first-order chi connectivity index (χ1) is 9.15. The summed E-state index contributed by atoms with van der Waals surface area (Å²) >= 11 is 12.0. The Morgan fingerprint density at radius 1 is 1.05 bits per heavy atom. The lowest BCUT2D eigenvalue weighted by Gasteiger charge is -2.19. The van der Waals surface area contributed by atoms with E-state index in [-0.39, 0.29) is 30.9 Å². The van der Waals surface area contributed by atoms with E-state index in [0.717, 1.165) is 18.7 Å². The van der Waals surface area contributed by atoms with Crippen LogP contribution in [-0.2, 0) is 6.54 Å². The summed E-state index contributed by atoms with van der Waals surface area (Å²) in [6.07, 6.45) is 0. The summed E-state index contributed by atoms with van der Waals surface area (Å²) in [5.41, 5.74) is 9.71. The van der Waals surface area contributed by atoms with Gasteiger partial charge >= 0.3 is 0 Å². The van der Waals surface area contributed by atoms with Gasteiger partial charge in [0, 0.05) is 24.8 Å². The number of halogens is 4. The number of hydrogen-bond donors (Lipinski definition) is 1. The molecular weight excluding hydrogens is 350 g/mol. The van der Waals surface area contributed by atoms with E-state index in [2.05, 4.69) is 17.0 Å². The molecular formula is C15H16Cl4N2. The van der Waals surface area contributed by atoms with Gasteiger partial charge in [-0.2, -0.15) is 0 Å². The molecule has 0 aliphatic carbocycles. The number of nitrogens with zero attached hydrogens (tertiary/aromatic N) is 1. The van der Waals surface area contributed by atoms with Gasteiger partial charge in [0.05, 0.1) is 10.0 Å². The molecule has 1 atom stereocenters. The SMILES string of the molecule is Cl.Cl.NC1CN(Cc2ccc(Cl)c(Cl)c2)c2ccccc21. The van der Waals surface area contributed by atoms with Crippen molar-refractivity contribution >= 4 is 53.7 Å². The van der Waals surface area contributed by atoms with Crippen LogP contribution in [-0.4, -0.2) is 6.54 Å². The van der Waals surface area contributed by atoms with Gasteiger partial charge in [0.2, 0.25) is 0 Å². The Balaban J connectivity index is 0.00000110. The van der Waals surface area contributed by atoms with Crippen LogP contribution in [0.3, 0.4) is 0 Å². The summed E-state index contributed by atoms with van der Waals surface area (Å²) in [4.78, 5) is 2.28. The molecule has 0 saturated heterocycles. The summed E-state index contributed by atoms with van der Waals surface area (Å²) in [6.45, 7) is 1.63. The normalized spacial score (nSPS) is 16.0. The van der Waals surface area contributed by atoms with Gasteiger partial charge in [-0.05, 0) is 29.3 Å². The second-order valence-electron chi connectivity index (χ2n) is 4.79. The van der Waals surface area contributed by atoms with E-state index < -0.39 is 0 Å². The molecule has 0 radical (unpaired) electrons. The van der Waals surface area contributed by atoms with Crippen LogP contribution >= 0.6 is 48.0 Å². The molecule has 2 N–H and O–H groups in total. The lowest BCUT2D eigenvalue weighted by molar-refractivity contribution is 0.720. The average molecular weight is 366 g/mol. The Kier molecular flexibility index (Phi) is 6.64. The Bertz CT molecular complexity index is 618. The molecule has 0 spiro atoms. The summed E-state index contributed by atoms with van der Waals surface area (Å²) in [6, 6.07) is 14.1. The molecule has 6 heteroatoms. The number of hydrogen-bond acceptors (Lipinski definition) is 2. The van der Waals surface area contributed by atoms with Crippen molar-refractivity contribution < 1.29 is 0 Å². The van der Waals surface area contributed by atoms with Crippen LogP contribution in [0.25, 0.3) is 0 Å². The minimum absolute atomic E-state index is 0. The fourth-order valence-electron chi connectivity index (χ4n) is 2.53. The molecule has 1 aliphatic heterocycles. The van der Waals surface area contributed by atoms with Gasteiger partial charge in [0.1, 0.15) is 0 Å². The summed E-state index contributed by atoms with van der Waals surface area (Å²) in [5, 5.41) is 1.18. The van der Waals surface area contributed by atoms with Gasteiger partial charge in [-0.25, -0.2) is 0 Å². The maximum Gasteiger partial charge on any atom is 0.0595 e. The quantitative estimate of drug-likeness (QED) is 0.823. The highest BCUT2D eigenvalue weighted by Gasteiger charge is 2.25. The lowest BCUT2D eigenvalue weighted by atomic mass is 10.1. The molecule has 2 aromatic carbocycles. The molecule has 0 saturated carbocycles. The monoisotopic (exact) mass is 364 g/mol. The smallest absolute Gasteiger partial charge is 0.0595 e. The van der Waals surface area contributed by atoms with Crippen LogP contribution in [0, 0.1) is 0 Å². The Morgan fingerprint density at radius 2 is 1.76 bits per heavy atom. The van der Waals surface area contributed by atoms with Crippen molar-refractivity contribution in [3.05, 3.63) is 63.6 Å². The Morgan fingerprint density at radius 3 is 2.48 bits per heavy atom. The number of benzene rings is 2. The fourth-order valence-corrected chi connectivity index (χ4v) is 2.85. The zero-order valence-corrected chi connectivity index (χ0v) is 14.3. The van der Waals surface area contributed by atoms with Crippen molar-refractivity contribution in [1.82, 2.24) is 0 Å². The lowest BCUT2D eigenvalue weighted by Crippen LogP contribution is -2.23. The summed E-state index contributed by atoms with van der Waals surface area (Å²) in [5.74, 6) is 0. The molecule has 114 valence electrons. The molecule has 1 unspecified atom stereocenters. The maximum atomic E-state index is 6.16. The van der Waals surface area contributed by atoms with Crippen LogP contribution in [0.5, 0.6) is 0 Å². The molecule has 1 heterocycles. The third-order valence-corrected chi connectivity index (χ3v) is 4.19. The van der Waals surface area contributed by atoms with Gasteiger partial charge in [0.25, 0.3) is 0 Å². The molecule has 0 bridgehead atoms. The van der Waals surface area contributed by atoms with Gasteiger partial charge < -0.3 is 10.6 Å². The minimum Gasteiger partial charge on any atom is -0.365 e. The van der Waals surface area contributed by atoms with Crippen molar-refractivity contribution in [2.75, 3.05) is 11.4 Å². The predicted octanol–water partition coefficient (Wildman–Crippen LogP) is 4.86. The van der Waals surface area contributed by atoms with E-state index in [1.807, 2.05) is 30.3 Å². The first kappa shape index (κ1) is 18.4. The summed E-state index contributed by atoms with van der Waals surface area (Å²) in [7, 11) is 0. The molecule has 0 amide bonds. The standard InChI is InChI=1S/C15H14Cl2N2.2ClH/c16-12-6-5-10(7-13(12)17)8-19-9-14(18)11-3-1-2-4-15(11)19;;/h1-7,14H,8-9,18H2;2*1H. The van der Waals surface area contributed by atoms with Crippen LogP contribution < -0.4 is 10.6 Å². The second kappa shape index (κ2) is 7.57. The molecule has 2 aromatic rings. The first-order valence-electron chi connectivity index (χ1n) is 6.18.